The molecule has 0 radical (unpaired) electrons. The van der Waals surface area contributed by atoms with Crippen molar-refractivity contribution in [1.29, 1.82) is 0 Å². The van der Waals surface area contributed by atoms with Crippen molar-refractivity contribution in [2.45, 2.75) is 19.4 Å². The highest BCUT2D eigenvalue weighted by Crippen LogP contribution is 2.47. The lowest BCUT2D eigenvalue weighted by atomic mass is 10.0. The van der Waals surface area contributed by atoms with Gasteiger partial charge in [-0.2, -0.15) is 0 Å². The second-order valence-electron chi connectivity index (χ2n) is 6.30. The molecule has 1 fully saturated rings. The Kier molecular flexibility index (Phi) is 5.11. The van der Waals surface area contributed by atoms with Gasteiger partial charge in [-0.05, 0) is 54.8 Å². The molecule has 2 aromatic carbocycles. The highest BCUT2D eigenvalue weighted by Gasteiger charge is 2.56. The zero-order valence-corrected chi connectivity index (χ0v) is 14.9. The molecule has 6 nitrogen and oxygen atoms in total. The van der Waals surface area contributed by atoms with Gasteiger partial charge < -0.3 is 20.1 Å². The summed E-state index contributed by atoms with van der Waals surface area (Å²) < 4.78 is 10.2. The van der Waals surface area contributed by atoms with E-state index in [2.05, 4.69) is 10.6 Å². The van der Waals surface area contributed by atoms with Crippen LogP contribution in [0.15, 0.2) is 48.5 Å². The fourth-order valence-electron chi connectivity index (χ4n) is 2.70. The van der Waals surface area contributed by atoms with E-state index < -0.39 is 5.41 Å². The number of ether oxygens (including phenoxy) is 2. The van der Waals surface area contributed by atoms with Crippen LogP contribution < -0.4 is 20.1 Å². The van der Waals surface area contributed by atoms with E-state index >= 15 is 0 Å². The van der Waals surface area contributed by atoms with Crippen molar-refractivity contribution >= 4 is 17.5 Å². The van der Waals surface area contributed by atoms with Gasteiger partial charge in [-0.3, -0.25) is 9.59 Å². The molecular weight excluding hydrogens is 332 g/mol. The Balaban J connectivity index is 1.57. The van der Waals surface area contributed by atoms with Crippen LogP contribution in [0.4, 0.5) is 5.69 Å². The van der Waals surface area contributed by atoms with Gasteiger partial charge in [-0.1, -0.05) is 12.1 Å². The Morgan fingerprint density at radius 2 is 1.42 bits per heavy atom. The SMILES string of the molecule is COc1ccc(CNC(=O)C2(C(=O)Nc3ccc(OC)cc3)CC2)cc1. The summed E-state index contributed by atoms with van der Waals surface area (Å²) in [7, 11) is 3.19. The lowest BCUT2D eigenvalue weighted by Crippen LogP contribution is -2.39. The van der Waals surface area contributed by atoms with E-state index in [1.807, 2.05) is 24.3 Å². The topological polar surface area (TPSA) is 76.7 Å². The maximum atomic E-state index is 12.6. The number of amides is 2. The number of rotatable bonds is 7. The van der Waals surface area contributed by atoms with Gasteiger partial charge in [0.2, 0.25) is 11.8 Å². The summed E-state index contributed by atoms with van der Waals surface area (Å²) in [5.74, 6) is 0.966. The summed E-state index contributed by atoms with van der Waals surface area (Å²) in [5.41, 5.74) is 0.627. The molecule has 2 aromatic rings. The van der Waals surface area contributed by atoms with Crippen LogP contribution in [0, 0.1) is 5.41 Å². The number of hydrogen-bond donors (Lipinski definition) is 2. The third kappa shape index (κ3) is 3.79. The number of nitrogens with one attached hydrogen (secondary N) is 2. The van der Waals surface area contributed by atoms with E-state index in [1.165, 1.54) is 0 Å². The molecule has 0 bridgehead atoms. The highest BCUT2D eigenvalue weighted by molar-refractivity contribution is 6.13. The minimum atomic E-state index is -0.966. The molecule has 2 amide bonds. The number of hydrogen-bond acceptors (Lipinski definition) is 4. The minimum absolute atomic E-state index is 0.237. The van der Waals surface area contributed by atoms with Crippen molar-refractivity contribution in [3.63, 3.8) is 0 Å². The third-order valence-electron chi connectivity index (χ3n) is 4.58. The van der Waals surface area contributed by atoms with Crippen LogP contribution in [0.1, 0.15) is 18.4 Å². The Hall–Kier alpha value is -3.02. The first-order valence-corrected chi connectivity index (χ1v) is 8.44. The van der Waals surface area contributed by atoms with Crippen LogP contribution in [0.5, 0.6) is 11.5 Å². The van der Waals surface area contributed by atoms with Crippen molar-refractivity contribution in [2.24, 2.45) is 5.41 Å². The maximum absolute atomic E-state index is 12.6. The summed E-state index contributed by atoms with van der Waals surface area (Å²) in [5, 5.41) is 5.68. The molecular formula is C20H22N2O4. The molecule has 26 heavy (non-hydrogen) atoms. The molecule has 2 N–H and O–H groups in total. The van der Waals surface area contributed by atoms with Crippen LogP contribution in [-0.2, 0) is 16.1 Å². The molecule has 1 aliphatic carbocycles. The molecule has 0 spiro atoms. The Morgan fingerprint density at radius 3 is 1.92 bits per heavy atom. The van der Waals surface area contributed by atoms with E-state index in [0.29, 0.717) is 30.8 Å². The smallest absolute Gasteiger partial charge is 0.240 e. The minimum Gasteiger partial charge on any atom is -0.497 e. The number of anilines is 1. The van der Waals surface area contributed by atoms with E-state index in [0.717, 1.165) is 11.3 Å². The first-order chi connectivity index (χ1) is 12.6. The van der Waals surface area contributed by atoms with Crippen LogP contribution in [0.2, 0.25) is 0 Å². The fourth-order valence-corrected chi connectivity index (χ4v) is 2.70. The number of carbonyl (C=O) groups excluding carboxylic acids is 2. The van der Waals surface area contributed by atoms with Crippen LogP contribution in [0.3, 0.4) is 0 Å². The van der Waals surface area contributed by atoms with Crippen LogP contribution >= 0.6 is 0 Å². The summed E-state index contributed by atoms with van der Waals surface area (Å²) >= 11 is 0. The van der Waals surface area contributed by atoms with E-state index in [1.54, 1.807) is 38.5 Å². The Morgan fingerprint density at radius 1 is 0.885 bits per heavy atom. The first kappa shape index (κ1) is 17.8. The average molecular weight is 354 g/mol. The predicted molar refractivity (Wildman–Crippen MR) is 98.1 cm³/mol. The third-order valence-corrected chi connectivity index (χ3v) is 4.58. The highest BCUT2D eigenvalue weighted by atomic mass is 16.5. The van der Waals surface area contributed by atoms with Gasteiger partial charge in [0.05, 0.1) is 14.2 Å². The van der Waals surface area contributed by atoms with Crippen molar-refractivity contribution < 1.29 is 19.1 Å². The fraction of sp³-hybridized carbons (Fsp3) is 0.300. The van der Waals surface area contributed by atoms with Crippen molar-refractivity contribution in [3.8, 4) is 11.5 Å². The molecule has 1 saturated carbocycles. The standard InChI is InChI=1S/C20H22N2O4/c1-25-16-7-3-14(4-8-16)13-21-18(23)20(11-12-20)19(24)22-15-5-9-17(26-2)10-6-15/h3-10H,11-13H2,1-2H3,(H,21,23)(H,22,24). The predicted octanol–water partition coefficient (Wildman–Crippen LogP) is 2.74. The van der Waals surface area contributed by atoms with E-state index in [9.17, 15) is 9.59 Å². The van der Waals surface area contributed by atoms with Crippen LogP contribution in [0.25, 0.3) is 0 Å². The normalized spacial score (nSPS) is 14.2. The second kappa shape index (κ2) is 7.47. The maximum Gasteiger partial charge on any atom is 0.240 e. The molecule has 3 rings (SSSR count). The Bertz CT molecular complexity index is 780. The molecule has 6 heteroatoms. The van der Waals surface area contributed by atoms with E-state index in [4.69, 9.17) is 9.47 Å². The van der Waals surface area contributed by atoms with Gasteiger partial charge in [0, 0.05) is 12.2 Å². The summed E-state index contributed by atoms with van der Waals surface area (Å²) in [6.45, 7) is 0.375. The molecule has 136 valence electrons. The quantitative estimate of drug-likeness (QED) is 0.750. The van der Waals surface area contributed by atoms with E-state index in [-0.39, 0.29) is 11.8 Å². The van der Waals surface area contributed by atoms with Gasteiger partial charge >= 0.3 is 0 Å². The summed E-state index contributed by atoms with van der Waals surface area (Å²) in [4.78, 5) is 25.1. The van der Waals surface area contributed by atoms with Crippen LogP contribution in [-0.4, -0.2) is 26.0 Å². The van der Waals surface area contributed by atoms with Gasteiger partial charge in [0.15, 0.2) is 0 Å². The van der Waals surface area contributed by atoms with Gasteiger partial charge in [0.1, 0.15) is 16.9 Å². The lowest BCUT2D eigenvalue weighted by Gasteiger charge is -2.16. The van der Waals surface area contributed by atoms with Gasteiger partial charge in [-0.15, -0.1) is 0 Å². The second-order valence-corrected chi connectivity index (χ2v) is 6.30. The van der Waals surface area contributed by atoms with Crippen molar-refractivity contribution in [1.82, 2.24) is 5.32 Å². The monoisotopic (exact) mass is 354 g/mol. The summed E-state index contributed by atoms with van der Waals surface area (Å²) in [6, 6.07) is 14.5. The molecule has 0 aromatic heterocycles. The molecule has 0 atom stereocenters. The first-order valence-electron chi connectivity index (χ1n) is 8.44. The molecule has 0 unspecified atom stereocenters. The van der Waals surface area contributed by atoms with Gasteiger partial charge in [0.25, 0.3) is 0 Å². The molecule has 0 saturated heterocycles. The average Bonchev–Trinajstić information content (AvgIpc) is 3.49. The molecule has 0 heterocycles. The molecule has 1 aliphatic rings. The number of benzene rings is 2. The molecule has 0 aliphatic heterocycles. The zero-order valence-electron chi connectivity index (χ0n) is 14.9. The van der Waals surface area contributed by atoms with Crippen molar-refractivity contribution in [2.75, 3.05) is 19.5 Å². The largest absolute Gasteiger partial charge is 0.497 e. The number of methoxy groups -OCH3 is 2. The van der Waals surface area contributed by atoms with Gasteiger partial charge in [-0.25, -0.2) is 0 Å². The van der Waals surface area contributed by atoms with Crippen molar-refractivity contribution in [3.05, 3.63) is 54.1 Å². The Labute approximate surface area is 152 Å². The summed E-state index contributed by atoms with van der Waals surface area (Å²) in [6.07, 6.45) is 1.12. The zero-order chi connectivity index (χ0) is 18.6. The lowest BCUT2D eigenvalue weighted by molar-refractivity contribution is -0.134. The number of carbonyl (C=O) groups is 2.